The third-order valence-corrected chi connectivity index (χ3v) is 11.5. The van der Waals surface area contributed by atoms with Gasteiger partial charge in [0.05, 0.1) is 28.1 Å². The fourth-order valence-corrected chi connectivity index (χ4v) is 8.29. The normalized spacial score (nSPS) is 23.8. The second-order valence-corrected chi connectivity index (χ2v) is 14.9. The lowest BCUT2D eigenvalue weighted by molar-refractivity contribution is -0.127. The van der Waals surface area contributed by atoms with E-state index in [0.29, 0.717) is 37.4 Å². The van der Waals surface area contributed by atoms with Crippen molar-refractivity contribution in [2.24, 2.45) is 13.0 Å². The van der Waals surface area contributed by atoms with Crippen LogP contribution in [0, 0.1) is 17.2 Å². The van der Waals surface area contributed by atoms with Crippen LogP contribution in [0.1, 0.15) is 50.1 Å². The molecule has 2 atom stereocenters. The molecule has 2 saturated carbocycles. The van der Waals surface area contributed by atoms with E-state index < -0.39 is 16.1 Å². The van der Waals surface area contributed by atoms with Gasteiger partial charge in [0.15, 0.2) is 0 Å². The van der Waals surface area contributed by atoms with Crippen molar-refractivity contribution in [2.75, 3.05) is 29.5 Å². The Morgan fingerprint density at radius 2 is 1.78 bits per heavy atom. The Morgan fingerprint density at radius 1 is 1.10 bits per heavy atom. The van der Waals surface area contributed by atoms with Crippen LogP contribution < -0.4 is 15.8 Å². The van der Waals surface area contributed by atoms with Crippen LogP contribution in [0.15, 0.2) is 47.4 Å². The van der Waals surface area contributed by atoms with Crippen molar-refractivity contribution in [2.45, 2.75) is 50.0 Å². The minimum absolute atomic E-state index is 0.0530. The smallest absolute Gasteiger partial charge is 0.250 e. The number of anilines is 1. The number of hydrogen-bond acceptors (Lipinski definition) is 8. The maximum absolute atomic E-state index is 13.5. The number of aryl methyl sites for hydroxylation is 1. The molecule has 0 spiro atoms. The molecule has 0 unspecified atom stereocenters. The molecular weight excluding hydrogens is 558 g/mol. The van der Waals surface area contributed by atoms with Crippen molar-refractivity contribution in [1.82, 2.24) is 14.9 Å². The predicted molar refractivity (Wildman–Crippen MR) is 163 cm³/mol. The van der Waals surface area contributed by atoms with Gasteiger partial charge in [0.2, 0.25) is 11.5 Å². The maximum Gasteiger partial charge on any atom is 0.250 e. The first-order valence-corrected chi connectivity index (χ1v) is 16.9. The van der Waals surface area contributed by atoms with Crippen molar-refractivity contribution in [1.29, 1.82) is 5.26 Å². The molecule has 11 heteroatoms. The number of rotatable bonds is 6. The molecule has 1 aliphatic heterocycles. The Kier molecular flexibility index (Phi) is 7.44. The summed E-state index contributed by atoms with van der Waals surface area (Å²) >= 11 is 1.57. The lowest BCUT2D eigenvalue weighted by Gasteiger charge is -2.41. The third kappa shape index (κ3) is 5.79. The maximum atomic E-state index is 13.5. The number of nitrogens with zero attached hydrogens (tertiary/aromatic N) is 4. The zero-order chi connectivity index (χ0) is 28.8. The number of pyridine rings is 1. The third-order valence-electron chi connectivity index (χ3n) is 8.64. The topological polar surface area (TPSA) is 131 Å². The van der Waals surface area contributed by atoms with E-state index in [2.05, 4.69) is 40.6 Å². The van der Waals surface area contributed by atoms with Crippen LogP contribution in [0.2, 0.25) is 0 Å². The van der Waals surface area contributed by atoms with Gasteiger partial charge in [0, 0.05) is 55.5 Å². The highest BCUT2D eigenvalue weighted by Crippen LogP contribution is 2.47. The number of thiazole rings is 1. The lowest BCUT2D eigenvalue weighted by atomic mass is 9.76. The summed E-state index contributed by atoms with van der Waals surface area (Å²) in [5.41, 5.74) is 3.01. The van der Waals surface area contributed by atoms with Crippen molar-refractivity contribution >= 4 is 33.5 Å². The monoisotopic (exact) mass is 593 g/mol. The van der Waals surface area contributed by atoms with E-state index >= 15 is 0 Å². The quantitative estimate of drug-likeness (QED) is 0.358. The van der Waals surface area contributed by atoms with Crippen molar-refractivity contribution in [3.05, 3.63) is 58.6 Å². The SMILES string of the molecule is Cn1cc(-c2nc([C@@H]3CCCC[C@H]3C(=O)NC3(C#N)CC3)c(-c3ccc(N4CCS(O)(O)CC4)cc3)s2)ccc1=O. The summed E-state index contributed by atoms with van der Waals surface area (Å²) in [6, 6.07) is 13.9. The molecule has 41 heavy (non-hydrogen) atoms. The first-order valence-electron chi connectivity index (χ1n) is 14.2. The molecule has 3 aliphatic rings. The van der Waals surface area contributed by atoms with E-state index in [0.717, 1.165) is 58.1 Å². The Bertz CT molecular complexity index is 1540. The molecular formula is C30H35N5O4S2. The summed E-state index contributed by atoms with van der Waals surface area (Å²) in [6.07, 6.45) is 6.79. The van der Waals surface area contributed by atoms with Crippen LogP contribution in [0.3, 0.4) is 0 Å². The predicted octanol–water partition coefficient (Wildman–Crippen LogP) is 5.19. The molecule has 6 rings (SSSR count). The van der Waals surface area contributed by atoms with Gasteiger partial charge in [-0.2, -0.15) is 15.9 Å². The van der Waals surface area contributed by atoms with Gasteiger partial charge in [-0.1, -0.05) is 25.0 Å². The average Bonchev–Trinajstić information content (AvgIpc) is 3.61. The van der Waals surface area contributed by atoms with E-state index in [4.69, 9.17) is 4.98 Å². The molecule has 2 aliphatic carbocycles. The van der Waals surface area contributed by atoms with Gasteiger partial charge >= 0.3 is 0 Å². The van der Waals surface area contributed by atoms with Gasteiger partial charge in [-0.25, -0.2) is 4.98 Å². The number of nitrogens with one attached hydrogen (secondary N) is 1. The standard InChI is InChI=1S/C30H35N5O4S2/c1-34-18-21(8-11-25(34)36)29-32-26(23-4-2-3-5-24(23)28(37)33-30(19-31)12-13-30)27(40-29)20-6-9-22(10-7-20)35-14-16-41(38,39)17-15-35/h6-11,18,23-24,38-39H,2-5,12-17H2,1H3,(H,33,37)/t23-,24-/m1/s1. The van der Waals surface area contributed by atoms with Gasteiger partial charge in [0.25, 0.3) is 0 Å². The molecule has 1 saturated heterocycles. The summed E-state index contributed by atoms with van der Waals surface area (Å²) in [6.45, 7) is 1.21. The molecule has 9 nitrogen and oxygen atoms in total. The van der Waals surface area contributed by atoms with Crippen molar-refractivity contribution in [3.8, 4) is 27.1 Å². The number of carbonyl (C=O) groups excluding carboxylic acids is 1. The Balaban J connectivity index is 1.36. The zero-order valence-electron chi connectivity index (χ0n) is 23.1. The number of nitriles is 1. The fraction of sp³-hybridized carbons (Fsp3) is 0.467. The highest BCUT2D eigenvalue weighted by atomic mass is 32.3. The van der Waals surface area contributed by atoms with Gasteiger partial charge in [-0.3, -0.25) is 18.7 Å². The van der Waals surface area contributed by atoms with Crippen LogP contribution in [0.25, 0.3) is 21.0 Å². The van der Waals surface area contributed by atoms with Gasteiger partial charge in [-0.05, 0) is 49.4 Å². The highest BCUT2D eigenvalue weighted by molar-refractivity contribution is 8.24. The molecule has 3 aromatic rings. The van der Waals surface area contributed by atoms with Gasteiger partial charge < -0.3 is 14.8 Å². The summed E-state index contributed by atoms with van der Waals surface area (Å²) in [7, 11) is -0.738. The van der Waals surface area contributed by atoms with E-state index in [1.807, 2.05) is 0 Å². The number of aromatic nitrogens is 2. The average molecular weight is 594 g/mol. The number of carbonyl (C=O) groups is 1. The highest BCUT2D eigenvalue weighted by Gasteiger charge is 2.47. The van der Waals surface area contributed by atoms with Gasteiger partial charge in [-0.15, -0.1) is 11.3 Å². The van der Waals surface area contributed by atoms with Gasteiger partial charge in [0.1, 0.15) is 10.5 Å². The number of hydrogen-bond donors (Lipinski definition) is 3. The molecule has 216 valence electrons. The van der Waals surface area contributed by atoms with Crippen LogP contribution in [-0.4, -0.2) is 54.7 Å². The first kappa shape index (κ1) is 28.0. The van der Waals surface area contributed by atoms with E-state index in [1.165, 1.54) is 0 Å². The minimum atomic E-state index is -2.46. The van der Waals surface area contributed by atoms with Crippen LogP contribution in [-0.2, 0) is 11.8 Å². The Morgan fingerprint density at radius 3 is 2.44 bits per heavy atom. The van der Waals surface area contributed by atoms with Crippen LogP contribution in [0.4, 0.5) is 5.69 Å². The van der Waals surface area contributed by atoms with Crippen molar-refractivity contribution < 1.29 is 13.9 Å². The molecule has 3 fully saturated rings. The summed E-state index contributed by atoms with van der Waals surface area (Å²) in [5, 5.41) is 13.4. The lowest BCUT2D eigenvalue weighted by Crippen LogP contribution is -2.42. The zero-order valence-corrected chi connectivity index (χ0v) is 24.7. The number of amides is 1. The van der Waals surface area contributed by atoms with Crippen LogP contribution in [0.5, 0.6) is 0 Å². The Labute approximate surface area is 245 Å². The van der Waals surface area contributed by atoms with Crippen molar-refractivity contribution in [3.63, 3.8) is 0 Å². The molecule has 1 amide bonds. The second kappa shape index (κ2) is 10.9. The molecule has 2 aromatic heterocycles. The Hall–Kier alpha value is -3.17. The molecule has 3 heterocycles. The summed E-state index contributed by atoms with van der Waals surface area (Å²) in [4.78, 5) is 33.9. The minimum Gasteiger partial charge on any atom is -0.368 e. The van der Waals surface area contributed by atoms with E-state index in [9.17, 15) is 24.0 Å². The van der Waals surface area contributed by atoms with Crippen LogP contribution >= 0.6 is 21.9 Å². The molecule has 3 N–H and O–H groups in total. The molecule has 1 aromatic carbocycles. The molecule has 0 radical (unpaired) electrons. The van der Waals surface area contributed by atoms with E-state index in [-0.39, 0.29) is 23.3 Å². The molecule has 0 bridgehead atoms. The number of benzene rings is 1. The largest absolute Gasteiger partial charge is 0.368 e. The summed E-state index contributed by atoms with van der Waals surface area (Å²) < 4.78 is 21.5. The fourth-order valence-electron chi connectivity index (χ4n) is 5.93. The first-order chi connectivity index (χ1) is 19.7. The summed E-state index contributed by atoms with van der Waals surface area (Å²) in [5.74, 6) is 0.389. The second-order valence-electron chi connectivity index (χ2n) is 11.5. The van der Waals surface area contributed by atoms with E-state index in [1.54, 1.807) is 41.3 Å².